The highest BCUT2D eigenvalue weighted by Gasteiger charge is 2.28. The molecule has 0 radical (unpaired) electrons. The van der Waals surface area contributed by atoms with Crippen molar-refractivity contribution in [3.8, 4) is 0 Å². The van der Waals surface area contributed by atoms with Gasteiger partial charge < -0.3 is 19.8 Å². The molecular formula is C48H100N2O6P+. The van der Waals surface area contributed by atoms with Crippen molar-refractivity contribution in [1.82, 2.24) is 5.32 Å². The van der Waals surface area contributed by atoms with Crippen LogP contribution in [0, 0.1) is 0 Å². The van der Waals surface area contributed by atoms with E-state index in [1.165, 1.54) is 186 Å². The standard InChI is InChI=1S/C48H99N2O6P/c1-6-8-10-12-14-16-18-20-21-22-23-24-25-26-27-28-29-30-31-33-35-37-39-41-47(51)46(45-56-57(53,54)55-44-43-50(3,4)5)49-48(52)42-40-38-36-34-32-19-17-15-13-11-9-7-2/h46-47,51H,6-45H2,1-5H3,(H-,49,52,53,54)/p+1. The second-order valence-electron chi connectivity index (χ2n) is 18.6. The van der Waals surface area contributed by atoms with Crippen LogP contribution >= 0.6 is 7.82 Å². The second kappa shape index (κ2) is 40.9. The predicted octanol–water partition coefficient (Wildman–Crippen LogP) is 14.1. The lowest BCUT2D eigenvalue weighted by Crippen LogP contribution is -2.46. The first kappa shape index (κ1) is 56.5. The van der Waals surface area contributed by atoms with Gasteiger partial charge in [0.2, 0.25) is 5.91 Å². The van der Waals surface area contributed by atoms with Gasteiger partial charge in [-0.05, 0) is 12.8 Å². The minimum Gasteiger partial charge on any atom is -0.391 e. The largest absolute Gasteiger partial charge is 0.472 e. The number of rotatable bonds is 46. The van der Waals surface area contributed by atoms with Crippen molar-refractivity contribution < 1.29 is 32.9 Å². The molecule has 0 heterocycles. The van der Waals surface area contributed by atoms with Crippen molar-refractivity contribution in [1.29, 1.82) is 0 Å². The maximum atomic E-state index is 12.9. The normalized spacial score (nSPS) is 14.2. The van der Waals surface area contributed by atoms with Crippen molar-refractivity contribution in [3.63, 3.8) is 0 Å². The zero-order valence-corrected chi connectivity index (χ0v) is 39.8. The topological polar surface area (TPSA) is 105 Å². The monoisotopic (exact) mass is 832 g/mol. The lowest BCUT2D eigenvalue weighted by molar-refractivity contribution is -0.870. The molecule has 0 aromatic rings. The molecule has 0 aromatic carbocycles. The Morgan fingerprint density at radius 2 is 0.842 bits per heavy atom. The number of hydrogen-bond donors (Lipinski definition) is 3. The van der Waals surface area contributed by atoms with Gasteiger partial charge in [-0.15, -0.1) is 0 Å². The number of carbonyl (C=O) groups is 1. The van der Waals surface area contributed by atoms with Gasteiger partial charge in [0.25, 0.3) is 0 Å². The van der Waals surface area contributed by atoms with Crippen LogP contribution in [0.25, 0.3) is 0 Å². The summed E-state index contributed by atoms with van der Waals surface area (Å²) in [5, 5.41) is 14.0. The summed E-state index contributed by atoms with van der Waals surface area (Å²) in [4.78, 5) is 23.2. The zero-order valence-electron chi connectivity index (χ0n) is 38.9. The zero-order chi connectivity index (χ0) is 42.1. The maximum Gasteiger partial charge on any atom is 0.472 e. The Kier molecular flexibility index (Phi) is 40.5. The number of unbranched alkanes of at least 4 members (excludes halogenated alkanes) is 33. The van der Waals surface area contributed by atoms with E-state index in [0.717, 1.165) is 38.5 Å². The van der Waals surface area contributed by atoms with Crippen LogP contribution in [0.15, 0.2) is 0 Å². The molecule has 0 aliphatic carbocycles. The molecule has 0 aliphatic heterocycles. The van der Waals surface area contributed by atoms with E-state index in [0.29, 0.717) is 23.9 Å². The van der Waals surface area contributed by atoms with E-state index in [9.17, 15) is 19.4 Å². The lowest BCUT2D eigenvalue weighted by atomic mass is 10.0. The first-order chi connectivity index (χ1) is 27.5. The molecule has 0 fully saturated rings. The molecule has 0 saturated heterocycles. The van der Waals surface area contributed by atoms with Gasteiger partial charge >= 0.3 is 7.82 Å². The fraction of sp³-hybridized carbons (Fsp3) is 0.979. The van der Waals surface area contributed by atoms with Crippen LogP contribution in [0.3, 0.4) is 0 Å². The Labute approximate surface area is 355 Å². The minimum absolute atomic E-state index is 0.0787. The average Bonchev–Trinajstić information content (AvgIpc) is 3.16. The molecule has 3 atom stereocenters. The maximum absolute atomic E-state index is 12.9. The van der Waals surface area contributed by atoms with Crippen LogP contribution in [0.4, 0.5) is 0 Å². The first-order valence-electron chi connectivity index (χ1n) is 24.9. The van der Waals surface area contributed by atoms with Gasteiger partial charge in [-0.1, -0.05) is 232 Å². The predicted molar refractivity (Wildman–Crippen MR) is 245 cm³/mol. The van der Waals surface area contributed by atoms with Crippen molar-refractivity contribution in [2.24, 2.45) is 0 Å². The average molecular weight is 832 g/mol. The Hall–Kier alpha value is -0.500. The summed E-state index contributed by atoms with van der Waals surface area (Å²) >= 11 is 0. The third-order valence-corrected chi connectivity index (χ3v) is 12.6. The minimum atomic E-state index is -4.31. The summed E-state index contributed by atoms with van der Waals surface area (Å²) in [5.41, 5.74) is 0. The molecule has 0 rings (SSSR count). The van der Waals surface area contributed by atoms with Crippen LogP contribution in [0.2, 0.25) is 0 Å². The van der Waals surface area contributed by atoms with E-state index >= 15 is 0 Å². The lowest BCUT2D eigenvalue weighted by Gasteiger charge is -2.26. The fourth-order valence-corrected chi connectivity index (χ4v) is 8.37. The van der Waals surface area contributed by atoms with E-state index in [1.54, 1.807) is 0 Å². The van der Waals surface area contributed by atoms with E-state index in [-0.39, 0.29) is 19.1 Å². The number of amides is 1. The summed E-state index contributed by atoms with van der Waals surface area (Å²) in [5.74, 6) is -0.141. The molecule has 3 N–H and O–H groups in total. The number of hydrogen-bond acceptors (Lipinski definition) is 5. The molecule has 57 heavy (non-hydrogen) atoms. The highest BCUT2D eigenvalue weighted by atomic mass is 31.2. The molecule has 0 bridgehead atoms. The van der Waals surface area contributed by atoms with Gasteiger partial charge in [0.15, 0.2) is 0 Å². The van der Waals surface area contributed by atoms with Gasteiger partial charge in [0.1, 0.15) is 13.2 Å². The Morgan fingerprint density at radius 1 is 0.526 bits per heavy atom. The van der Waals surface area contributed by atoms with Crippen LogP contribution in [-0.4, -0.2) is 73.4 Å². The number of quaternary nitrogens is 1. The Bertz CT molecular complexity index is 901. The van der Waals surface area contributed by atoms with Gasteiger partial charge in [-0.2, -0.15) is 0 Å². The van der Waals surface area contributed by atoms with Gasteiger partial charge in [0.05, 0.1) is 39.9 Å². The number of likely N-dealkylation sites (N-methyl/N-ethyl adjacent to an activating group) is 1. The van der Waals surface area contributed by atoms with Crippen LogP contribution < -0.4 is 5.32 Å². The summed E-state index contributed by atoms with van der Waals surface area (Å²) in [6.45, 7) is 4.91. The van der Waals surface area contributed by atoms with Crippen molar-refractivity contribution in [2.75, 3.05) is 40.9 Å². The first-order valence-corrected chi connectivity index (χ1v) is 26.4. The van der Waals surface area contributed by atoms with Crippen LogP contribution in [0.1, 0.15) is 251 Å². The molecule has 0 spiro atoms. The third kappa shape index (κ3) is 43.4. The van der Waals surface area contributed by atoms with Gasteiger partial charge in [0, 0.05) is 6.42 Å². The van der Waals surface area contributed by atoms with E-state index in [2.05, 4.69) is 19.2 Å². The molecule has 1 amide bonds. The van der Waals surface area contributed by atoms with Crippen molar-refractivity contribution in [2.45, 2.75) is 264 Å². The number of carbonyl (C=O) groups excluding carboxylic acids is 1. The molecule has 8 nitrogen and oxygen atoms in total. The summed E-state index contributed by atoms with van der Waals surface area (Å²) in [7, 11) is 1.63. The Morgan fingerprint density at radius 3 is 1.18 bits per heavy atom. The van der Waals surface area contributed by atoms with Gasteiger partial charge in [-0.3, -0.25) is 13.8 Å². The highest BCUT2D eigenvalue weighted by Crippen LogP contribution is 2.43. The van der Waals surface area contributed by atoms with Crippen molar-refractivity contribution in [3.05, 3.63) is 0 Å². The molecule has 0 aliphatic rings. The quantitative estimate of drug-likeness (QED) is 0.0321. The molecule has 0 aromatic heterocycles. The molecule has 0 saturated carbocycles. The van der Waals surface area contributed by atoms with Crippen LogP contribution in [0.5, 0.6) is 0 Å². The van der Waals surface area contributed by atoms with Crippen LogP contribution in [-0.2, 0) is 18.4 Å². The SMILES string of the molecule is CCCCCCCCCCCCCCCCCCCCCCCCCC(O)C(COP(=O)(O)OCC[N+](C)(C)C)NC(=O)CCCCCCCCCCCCCC. The molecule has 342 valence electrons. The third-order valence-electron chi connectivity index (χ3n) is 11.6. The second-order valence-corrected chi connectivity index (χ2v) is 20.0. The number of nitrogens with zero attached hydrogens (tertiary/aromatic N) is 1. The van der Waals surface area contributed by atoms with E-state index < -0.39 is 20.0 Å². The fourth-order valence-electron chi connectivity index (χ4n) is 7.64. The molecule has 3 unspecified atom stereocenters. The number of aliphatic hydroxyl groups is 1. The highest BCUT2D eigenvalue weighted by molar-refractivity contribution is 7.47. The number of phosphoric ester groups is 1. The molecular weight excluding hydrogens is 732 g/mol. The van der Waals surface area contributed by atoms with Gasteiger partial charge in [-0.25, -0.2) is 4.57 Å². The van der Waals surface area contributed by atoms with E-state index in [4.69, 9.17) is 9.05 Å². The summed E-state index contributed by atoms with van der Waals surface area (Å²) in [6, 6.07) is -0.753. The molecule has 9 heteroatoms. The number of nitrogens with one attached hydrogen (secondary N) is 1. The summed E-state index contributed by atoms with van der Waals surface area (Å²) in [6.07, 6.45) is 45.7. The number of phosphoric acid groups is 1. The number of aliphatic hydroxyl groups excluding tert-OH is 1. The van der Waals surface area contributed by atoms with Crippen molar-refractivity contribution >= 4 is 13.7 Å². The van der Waals surface area contributed by atoms with E-state index in [1.807, 2.05) is 21.1 Å². The summed E-state index contributed by atoms with van der Waals surface area (Å²) < 4.78 is 23.7. The Balaban J connectivity index is 4.17. The smallest absolute Gasteiger partial charge is 0.391 e.